The van der Waals surface area contributed by atoms with Crippen molar-refractivity contribution in [3.05, 3.63) is 12.1 Å². The van der Waals surface area contributed by atoms with Crippen LogP contribution in [0.3, 0.4) is 0 Å². The summed E-state index contributed by atoms with van der Waals surface area (Å²) in [6, 6.07) is 3.67. The normalized spacial score (nSPS) is 13.5. The first-order valence-electron chi connectivity index (χ1n) is 7.12. The highest BCUT2D eigenvalue weighted by Crippen LogP contribution is 2.53. The highest BCUT2D eigenvalue weighted by Gasteiger charge is 2.24. The van der Waals surface area contributed by atoms with Crippen molar-refractivity contribution >= 4 is 82.1 Å². The van der Waals surface area contributed by atoms with Crippen LogP contribution in [0.1, 0.15) is 0 Å². The lowest BCUT2D eigenvalue weighted by Gasteiger charge is -1.99. The largest absolute Gasteiger partial charge is 0.396 e. The van der Waals surface area contributed by atoms with Crippen LogP contribution in [0, 0.1) is 0 Å². The Morgan fingerprint density at radius 1 is 0.708 bits per heavy atom. The van der Waals surface area contributed by atoms with E-state index in [1.807, 2.05) is 12.1 Å². The molecule has 6 heterocycles. The molecule has 0 radical (unpaired) electrons. The summed E-state index contributed by atoms with van der Waals surface area (Å²) in [5, 5.41) is 5.95. The summed E-state index contributed by atoms with van der Waals surface area (Å²) in [5.74, 6) is 0.820. The van der Waals surface area contributed by atoms with Gasteiger partial charge in [0.05, 0.1) is 33.2 Å². The zero-order valence-electron chi connectivity index (χ0n) is 12.1. The van der Waals surface area contributed by atoms with Crippen LogP contribution in [-0.2, 0) is 0 Å². The van der Waals surface area contributed by atoms with E-state index >= 15 is 0 Å². The number of hydrogen-bond donors (Lipinski definition) is 4. The molecule has 6 aromatic heterocycles. The zero-order chi connectivity index (χ0) is 16.3. The first-order valence-corrected chi connectivity index (χ1v) is 8.91. The van der Waals surface area contributed by atoms with Gasteiger partial charge in [0.25, 0.3) is 0 Å². The van der Waals surface area contributed by atoms with Gasteiger partial charge in [-0.05, 0) is 28.5 Å². The van der Waals surface area contributed by atoms with Crippen molar-refractivity contribution in [2.45, 2.75) is 0 Å². The molecule has 0 aromatic carbocycles. The molecular formula is C14H10N6O2P2. The molecule has 0 atom stereocenters. The lowest BCUT2D eigenvalue weighted by Crippen LogP contribution is -1.95. The number of nitrogen functional groups attached to an aromatic ring is 4. The Bertz CT molecular complexity index is 1340. The number of aromatic nitrogens is 2. The Labute approximate surface area is 136 Å². The number of fused-ring (bicyclic) bond motifs is 4. The van der Waals surface area contributed by atoms with E-state index in [2.05, 4.69) is 0 Å². The van der Waals surface area contributed by atoms with Crippen LogP contribution in [0.2, 0.25) is 0 Å². The molecule has 0 fully saturated rings. The van der Waals surface area contributed by atoms with E-state index in [0.717, 1.165) is 59.1 Å². The standard InChI is InChI=1S/C14H10N6O2P2/c15-3-1-5-9-7-8-10(24-13(7)21-19(5)11(3)17)6-2-4(16)12(18)20(6)22-14(8)23-9/h1-2H,15-18H2. The Hall–Kier alpha value is -2.82. The van der Waals surface area contributed by atoms with Gasteiger partial charge in [-0.3, -0.25) is 0 Å². The van der Waals surface area contributed by atoms with Crippen molar-refractivity contribution in [2.75, 3.05) is 22.9 Å². The summed E-state index contributed by atoms with van der Waals surface area (Å²) >= 11 is 0. The minimum absolute atomic E-state index is 0.410. The van der Waals surface area contributed by atoms with Crippen molar-refractivity contribution in [2.24, 2.45) is 0 Å². The van der Waals surface area contributed by atoms with Gasteiger partial charge in [-0.15, -0.1) is 0 Å². The molecule has 0 amide bonds. The average Bonchev–Trinajstić information content (AvgIpc) is 3.26. The Morgan fingerprint density at radius 2 is 1.12 bits per heavy atom. The smallest absolute Gasteiger partial charge is 0.191 e. The van der Waals surface area contributed by atoms with Gasteiger partial charge in [-0.2, -0.15) is 9.15 Å². The third kappa shape index (κ3) is 1.18. The van der Waals surface area contributed by atoms with Crippen LogP contribution in [0.15, 0.2) is 21.2 Å². The molecule has 6 rings (SSSR count). The maximum Gasteiger partial charge on any atom is 0.191 e. The molecule has 0 unspecified atom stereocenters. The number of hydrogen-bond acceptors (Lipinski definition) is 6. The maximum atomic E-state index is 6.03. The third-order valence-corrected chi connectivity index (χ3v) is 6.84. The third-order valence-electron chi connectivity index (χ3n) is 4.47. The first-order chi connectivity index (χ1) is 11.5. The fourth-order valence-corrected chi connectivity index (χ4v) is 6.02. The molecule has 0 aliphatic carbocycles. The number of rotatable bonds is 0. The van der Waals surface area contributed by atoms with Gasteiger partial charge in [-0.25, -0.2) is 0 Å². The fourth-order valence-electron chi connectivity index (χ4n) is 3.34. The van der Waals surface area contributed by atoms with Gasteiger partial charge in [0.2, 0.25) is 0 Å². The molecule has 0 bridgehead atoms. The van der Waals surface area contributed by atoms with Gasteiger partial charge in [0.15, 0.2) is 22.3 Å². The van der Waals surface area contributed by atoms with E-state index in [1.54, 1.807) is 9.15 Å². The van der Waals surface area contributed by atoms with Gasteiger partial charge in [0.1, 0.15) is 0 Å². The Balaban J connectivity index is 1.98. The molecular weight excluding hydrogens is 346 g/mol. The second kappa shape index (κ2) is 3.64. The van der Waals surface area contributed by atoms with Gasteiger partial charge >= 0.3 is 0 Å². The quantitative estimate of drug-likeness (QED) is 0.327. The summed E-state index contributed by atoms with van der Waals surface area (Å²) in [6.45, 7) is 0. The fraction of sp³-hybridized carbons (Fsp3) is 0. The number of nitrogens with zero attached hydrogens (tertiary/aromatic N) is 2. The molecule has 0 spiro atoms. The molecule has 8 nitrogen and oxygen atoms in total. The van der Waals surface area contributed by atoms with E-state index in [9.17, 15) is 0 Å². The predicted octanol–water partition coefficient (Wildman–Crippen LogP) is 3.76. The molecule has 0 saturated carbocycles. The van der Waals surface area contributed by atoms with Crippen molar-refractivity contribution in [1.29, 1.82) is 0 Å². The van der Waals surface area contributed by atoms with E-state index in [1.165, 1.54) is 0 Å². The Morgan fingerprint density at radius 3 is 1.54 bits per heavy atom. The van der Waals surface area contributed by atoms with Crippen LogP contribution in [0.25, 0.3) is 42.7 Å². The predicted molar refractivity (Wildman–Crippen MR) is 99.3 cm³/mol. The van der Waals surface area contributed by atoms with E-state index in [0.29, 0.717) is 23.0 Å². The number of nitrogens with two attached hydrogens (primary N) is 4. The first kappa shape index (κ1) is 12.6. The SMILES string of the molecule is Nc1cc2c3pc4on5c(N)c(N)cc5c5pc(on2c1N)c3c45. The second-order valence-corrected chi connectivity index (χ2v) is 7.95. The van der Waals surface area contributed by atoms with E-state index < -0.39 is 0 Å². The van der Waals surface area contributed by atoms with Gasteiger partial charge in [0, 0.05) is 10.2 Å². The molecule has 8 N–H and O–H groups in total. The molecule has 0 aliphatic rings. The summed E-state index contributed by atoms with van der Waals surface area (Å²) < 4.78 is 15.2. The number of anilines is 4. The van der Waals surface area contributed by atoms with Gasteiger partial charge in [-0.1, -0.05) is 0 Å². The highest BCUT2D eigenvalue weighted by molar-refractivity contribution is 7.48. The van der Waals surface area contributed by atoms with Crippen LogP contribution in [-0.4, -0.2) is 9.15 Å². The van der Waals surface area contributed by atoms with E-state index in [-0.39, 0.29) is 0 Å². The van der Waals surface area contributed by atoms with Crippen LogP contribution in [0.5, 0.6) is 0 Å². The van der Waals surface area contributed by atoms with Gasteiger partial charge < -0.3 is 32.0 Å². The van der Waals surface area contributed by atoms with Crippen molar-refractivity contribution in [3.63, 3.8) is 0 Å². The lowest BCUT2D eigenvalue weighted by atomic mass is 10.2. The molecule has 0 aliphatic heterocycles. The topological polar surface area (TPSA) is 139 Å². The van der Waals surface area contributed by atoms with Crippen molar-refractivity contribution in [1.82, 2.24) is 9.15 Å². The molecule has 0 saturated heterocycles. The summed E-state index contributed by atoms with van der Waals surface area (Å²) in [5.41, 5.74) is 26.7. The van der Waals surface area contributed by atoms with Crippen LogP contribution in [0.4, 0.5) is 23.0 Å². The summed E-state index contributed by atoms with van der Waals surface area (Å²) in [6.07, 6.45) is 0. The molecule has 118 valence electrons. The summed E-state index contributed by atoms with van der Waals surface area (Å²) in [4.78, 5) is 0. The van der Waals surface area contributed by atoms with Crippen LogP contribution < -0.4 is 22.9 Å². The zero-order valence-corrected chi connectivity index (χ0v) is 13.9. The molecule has 6 aromatic rings. The molecule has 10 heteroatoms. The minimum atomic E-state index is 0.410. The average molecular weight is 356 g/mol. The maximum absolute atomic E-state index is 6.03. The van der Waals surface area contributed by atoms with Crippen molar-refractivity contribution in [3.8, 4) is 0 Å². The molecule has 24 heavy (non-hydrogen) atoms. The summed E-state index contributed by atoms with van der Waals surface area (Å²) in [7, 11) is 1.86. The van der Waals surface area contributed by atoms with Crippen molar-refractivity contribution < 1.29 is 9.05 Å². The Kier molecular flexibility index (Phi) is 1.91. The monoisotopic (exact) mass is 356 g/mol. The minimum Gasteiger partial charge on any atom is -0.396 e. The van der Waals surface area contributed by atoms with Crippen LogP contribution >= 0.6 is 16.4 Å². The highest BCUT2D eigenvalue weighted by atomic mass is 31.0. The second-order valence-electron chi connectivity index (χ2n) is 5.79. The van der Waals surface area contributed by atoms with E-state index in [4.69, 9.17) is 32.0 Å². The lowest BCUT2D eigenvalue weighted by molar-refractivity contribution is 0.413.